The van der Waals surface area contributed by atoms with E-state index in [9.17, 15) is 0 Å². The second-order valence-corrected chi connectivity index (χ2v) is 7.89. The van der Waals surface area contributed by atoms with Crippen LogP contribution < -0.4 is 16.0 Å². The summed E-state index contributed by atoms with van der Waals surface area (Å²) in [7, 11) is 0. The Kier molecular flexibility index (Phi) is 4.98. The Morgan fingerprint density at radius 1 is 1.10 bits per heavy atom. The van der Waals surface area contributed by atoms with E-state index in [-0.39, 0.29) is 6.04 Å². The maximum atomic E-state index is 6.37. The first-order chi connectivity index (χ1) is 14.7. The minimum absolute atomic E-state index is 0.187. The normalized spacial score (nSPS) is 16.7. The highest BCUT2D eigenvalue weighted by Gasteiger charge is 2.20. The molecule has 0 saturated carbocycles. The highest BCUT2D eigenvalue weighted by Crippen LogP contribution is 2.30. The molecule has 0 spiro atoms. The van der Waals surface area contributed by atoms with Gasteiger partial charge < -0.3 is 16.0 Å². The minimum atomic E-state index is 0.187. The molecule has 1 aliphatic heterocycles. The van der Waals surface area contributed by atoms with E-state index in [0.29, 0.717) is 11.0 Å². The first-order valence-electron chi connectivity index (χ1n) is 10.0. The van der Waals surface area contributed by atoms with E-state index in [2.05, 4.69) is 20.2 Å². The molecule has 0 radical (unpaired) electrons. The van der Waals surface area contributed by atoms with E-state index in [1.807, 2.05) is 48.7 Å². The molecule has 8 heteroatoms. The summed E-state index contributed by atoms with van der Waals surface area (Å²) in [6.07, 6.45) is 7.55. The van der Waals surface area contributed by atoms with Crippen LogP contribution in [0.4, 0.5) is 17.3 Å². The molecule has 1 atom stereocenters. The van der Waals surface area contributed by atoms with Crippen LogP contribution in [0, 0.1) is 0 Å². The summed E-state index contributed by atoms with van der Waals surface area (Å²) in [5, 5.41) is 8.84. The van der Waals surface area contributed by atoms with Crippen molar-refractivity contribution >= 4 is 34.4 Å². The quantitative estimate of drug-likeness (QED) is 0.517. The van der Waals surface area contributed by atoms with Crippen molar-refractivity contribution in [3.8, 4) is 11.3 Å². The molecule has 1 fully saturated rings. The van der Waals surface area contributed by atoms with Gasteiger partial charge in [0.05, 0.1) is 40.0 Å². The lowest BCUT2D eigenvalue weighted by atomic mass is 10.1. The van der Waals surface area contributed by atoms with Gasteiger partial charge in [-0.05, 0) is 37.1 Å². The van der Waals surface area contributed by atoms with Gasteiger partial charge in [-0.2, -0.15) is 9.61 Å². The van der Waals surface area contributed by atoms with E-state index in [4.69, 9.17) is 22.4 Å². The number of pyridine rings is 1. The number of fused-ring (bicyclic) bond motifs is 1. The topological polar surface area (TPSA) is 84.4 Å². The summed E-state index contributed by atoms with van der Waals surface area (Å²) in [5.41, 5.74) is 10.7. The average molecular weight is 420 g/mol. The molecular weight excluding hydrogens is 398 g/mol. The van der Waals surface area contributed by atoms with Crippen molar-refractivity contribution in [2.24, 2.45) is 5.73 Å². The summed E-state index contributed by atoms with van der Waals surface area (Å²) >= 11 is 6.37. The Morgan fingerprint density at radius 2 is 2.00 bits per heavy atom. The van der Waals surface area contributed by atoms with Gasteiger partial charge in [-0.25, -0.2) is 4.98 Å². The Bertz CT molecular complexity index is 1190. The minimum Gasteiger partial charge on any atom is -0.368 e. The fraction of sp³-hybridized carbons (Fsp3) is 0.227. The number of imidazole rings is 1. The van der Waals surface area contributed by atoms with Gasteiger partial charge in [0.1, 0.15) is 0 Å². The lowest BCUT2D eigenvalue weighted by molar-refractivity contribution is 0.506. The number of anilines is 3. The van der Waals surface area contributed by atoms with Gasteiger partial charge in [0, 0.05) is 30.9 Å². The van der Waals surface area contributed by atoms with E-state index in [0.717, 1.165) is 54.1 Å². The summed E-state index contributed by atoms with van der Waals surface area (Å²) in [6.45, 7) is 1.81. The van der Waals surface area contributed by atoms with Gasteiger partial charge >= 0.3 is 0 Å². The van der Waals surface area contributed by atoms with Gasteiger partial charge in [0.25, 0.3) is 0 Å². The summed E-state index contributed by atoms with van der Waals surface area (Å²) < 4.78 is 1.79. The van der Waals surface area contributed by atoms with Crippen LogP contribution in [0.1, 0.15) is 12.8 Å². The summed E-state index contributed by atoms with van der Waals surface area (Å²) in [4.78, 5) is 11.1. The lowest BCUT2D eigenvalue weighted by Gasteiger charge is -2.33. The zero-order valence-corrected chi connectivity index (χ0v) is 17.1. The van der Waals surface area contributed by atoms with Crippen LogP contribution in [0.2, 0.25) is 5.02 Å². The Labute approximate surface area is 179 Å². The molecule has 0 bridgehead atoms. The molecule has 0 aliphatic carbocycles. The molecule has 0 amide bonds. The number of hydrogen-bond acceptors (Lipinski definition) is 6. The molecule has 7 nitrogen and oxygen atoms in total. The van der Waals surface area contributed by atoms with Crippen LogP contribution in [0.5, 0.6) is 0 Å². The fourth-order valence-electron chi connectivity index (χ4n) is 3.89. The van der Waals surface area contributed by atoms with Crippen molar-refractivity contribution in [2.45, 2.75) is 18.9 Å². The van der Waals surface area contributed by atoms with Crippen molar-refractivity contribution in [3.63, 3.8) is 0 Å². The summed E-state index contributed by atoms with van der Waals surface area (Å²) in [6, 6.07) is 13.8. The van der Waals surface area contributed by atoms with E-state index in [1.165, 1.54) is 0 Å². The fourth-order valence-corrected chi connectivity index (χ4v) is 4.12. The molecule has 1 aromatic carbocycles. The molecule has 3 N–H and O–H groups in total. The van der Waals surface area contributed by atoms with Gasteiger partial charge in [0.15, 0.2) is 0 Å². The summed E-state index contributed by atoms with van der Waals surface area (Å²) in [5.74, 6) is 0.620. The molecule has 4 aromatic rings. The second-order valence-electron chi connectivity index (χ2n) is 7.48. The third kappa shape index (κ3) is 3.58. The molecule has 30 heavy (non-hydrogen) atoms. The molecule has 1 aliphatic rings. The number of hydrogen-bond donors (Lipinski definition) is 2. The number of benzene rings is 1. The molecule has 3 aromatic heterocycles. The first-order valence-corrected chi connectivity index (χ1v) is 10.4. The van der Waals surface area contributed by atoms with Crippen LogP contribution >= 0.6 is 11.6 Å². The zero-order valence-electron chi connectivity index (χ0n) is 16.4. The van der Waals surface area contributed by atoms with Crippen molar-refractivity contribution < 1.29 is 0 Å². The SMILES string of the molecule is NC1CCCN(c2ccncc2Nc2ncc3ccc(-c4ccccc4Cl)nn23)C1. The predicted molar refractivity (Wildman–Crippen MR) is 120 cm³/mol. The molecule has 5 rings (SSSR count). The predicted octanol–water partition coefficient (Wildman–Crippen LogP) is 4.12. The number of nitrogens with zero attached hydrogens (tertiary/aromatic N) is 5. The number of nitrogens with two attached hydrogens (primary N) is 1. The highest BCUT2D eigenvalue weighted by atomic mass is 35.5. The highest BCUT2D eigenvalue weighted by molar-refractivity contribution is 6.33. The van der Waals surface area contributed by atoms with Gasteiger partial charge in [-0.3, -0.25) is 4.98 Å². The largest absolute Gasteiger partial charge is 0.368 e. The number of piperidine rings is 1. The molecule has 1 unspecified atom stereocenters. The van der Waals surface area contributed by atoms with Crippen LogP contribution in [-0.2, 0) is 0 Å². The van der Waals surface area contributed by atoms with Gasteiger partial charge in [-0.15, -0.1) is 0 Å². The van der Waals surface area contributed by atoms with Crippen LogP contribution in [0.25, 0.3) is 16.8 Å². The van der Waals surface area contributed by atoms with E-state index >= 15 is 0 Å². The van der Waals surface area contributed by atoms with Crippen LogP contribution in [0.3, 0.4) is 0 Å². The standard InChI is InChI=1S/C22H22ClN7/c23-18-6-2-1-5-17(18)19-8-7-16-12-26-22(30(16)28-19)27-20-13-25-10-9-21(20)29-11-3-4-15(24)14-29/h1-2,5-10,12-13,15H,3-4,11,14,24H2,(H,26,27). The average Bonchev–Trinajstić information content (AvgIpc) is 3.16. The van der Waals surface area contributed by atoms with Gasteiger partial charge in [-0.1, -0.05) is 29.8 Å². The molecular formula is C22H22ClN7. The van der Waals surface area contributed by atoms with Crippen molar-refractivity contribution in [1.82, 2.24) is 19.6 Å². The number of nitrogens with one attached hydrogen (secondary N) is 1. The van der Waals surface area contributed by atoms with Crippen LogP contribution in [-0.4, -0.2) is 38.7 Å². The van der Waals surface area contributed by atoms with E-state index < -0.39 is 0 Å². The Balaban J connectivity index is 1.51. The maximum Gasteiger partial charge on any atom is 0.229 e. The molecule has 4 heterocycles. The smallest absolute Gasteiger partial charge is 0.229 e. The first kappa shape index (κ1) is 18.8. The Morgan fingerprint density at radius 3 is 2.87 bits per heavy atom. The number of rotatable bonds is 4. The molecule has 1 saturated heterocycles. The third-order valence-electron chi connectivity index (χ3n) is 5.38. The van der Waals surface area contributed by atoms with Gasteiger partial charge in [0.2, 0.25) is 5.95 Å². The van der Waals surface area contributed by atoms with Crippen molar-refractivity contribution in [1.29, 1.82) is 0 Å². The lowest BCUT2D eigenvalue weighted by Crippen LogP contribution is -2.43. The maximum absolute atomic E-state index is 6.37. The van der Waals surface area contributed by atoms with E-state index in [1.54, 1.807) is 16.9 Å². The second kappa shape index (κ2) is 7.93. The number of aromatic nitrogens is 4. The van der Waals surface area contributed by atoms with Crippen LogP contribution in [0.15, 0.2) is 61.1 Å². The number of halogens is 1. The monoisotopic (exact) mass is 419 g/mol. The Hall–Kier alpha value is -3.16. The van der Waals surface area contributed by atoms with Crippen molar-refractivity contribution in [3.05, 3.63) is 66.1 Å². The third-order valence-corrected chi connectivity index (χ3v) is 5.71. The molecule has 152 valence electrons. The zero-order chi connectivity index (χ0) is 20.5. The van der Waals surface area contributed by atoms with Crippen molar-refractivity contribution in [2.75, 3.05) is 23.3 Å².